The lowest BCUT2D eigenvalue weighted by Gasteiger charge is -2.32. The van der Waals surface area contributed by atoms with Crippen molar-refractivity contribution in [3.05, 3.63) is 74.0 Å². The zero-order valence-electron chi connectivity index (χ0n) is 19.9. The van der Waals surface area contributed by atoms with Crippen molar-refractivity contribution in [1.82, 2.24) is 20.3 Å². The van der Waals surface area contributed by atoms with E-state index in [0.29, 0.717) is 50.3 Å². The van der Waals surface area contributed by atoms with Gasteiger partial charge in [-0.1, -0.05) is 23.2 Å². The van der Waals surface area contributed by atoms with Crippen molar-refractivity contribution in [2.24, 2.45) is 0 Å². The molecule has 0 unspecified atom stereocenters. The van der Waals surface area contributed by atoms with Crippen LogP contribution in [-0.4, -0.2) is 47.8 Å². The van der Waals surface area contributed by atoms with E-state index in [1.54, 1.807) is 12.3 Å². The predicted octanol–water partition coefficient (Wildman–Crippen LogP) is 4.70. The van der Waals surface area contributed by atoms with Crippen LogP contribution in [-0.2, 0) is 0 Å². The van der Waals surface area contributed by atoms with E-state index in [1.165, 1.54) is 18.2 Å². The van der Waals surface area contributed by atoms with Crippen molar-refractivity contribution in [2.75, 3.05) is 26.2 Å². The number of pyridine rings is 1. The van der Waals surface area contributed by atoms with E-state index in [1.807, 2.05) is 9.58 Å². The molecule has 0 spiro atoms. The highest BCUT2D eigenvalue weighted by molar-refractivity contribution is 6.31. The Bertz CT molecular complexity index is 1390. The van der Waals surface area contributed by atoms with Crippen molar-refractivity contribution >= 4 is 40.0 Å². The Labute approximate surface area is 222 Å². The van der Waals surface area contributed by atoms with E-state index in [4.69, 9.17) is 27.9 Å². The molecule has 1 amide bonds. The predicted molar refractivity (Wildman–Crippen MR) is 138 cm³/mol. The number of benzene rings is 2. The van der Waals surface area contributed by atoms with Gasteiger partial charge in [-0.2, -0.15) is 0 Å². The monoisotopic (exact) mass is 550 g/mol. The Morgan fingerprint density at radius 2 is 1.76 bits per heavy atom. The Morgan fingerprint density at radius 1 is 1.03 bits per heavy atom. The maximum atomic E-state index is 14.1. The molecular weight excluding hydrogens is 525 g/mol. The maximum absolute atomic E-state index is 14.1. The Hall–Kier alpha value is -2.72. The first-order chi connectivity index (χ1) is 17.8. The largest absolute Gasteiger partial charge is 0.492 e. The molecule has 0 atom stereocenters. The fourth-order valence-corrected chi connectivity index (χ4v) is 4.82. The van der Waals surface area contributed by atoms with Gasteiger partial charge in [0.2, 0.25) is 5.43 Å². The van der Waals surface area contributed by atoms with Gasteiger partial charge in [-0.15, -0.1) is 0 Å². The summed E-state index contributed by atoms with van der Waals surface area (Å²) in [6.45, 7) is 2.25. The minimum Gasteiger partial charge on any atom is -0.492 e. The van der Waals surface area contributed by atoms with Crippen LogP contribution in [0.15, 0.2) is 41.3 Å². The van der Waals surface area contributed by atoms with Crippen LogP contribution >= 0.6 is 23.2 Å². The van der Waals surface area contributed by atoms with Gasteiger partial charge in [0.15, 0.2) is 0 Å². The molecule has 2 aliphatic rings. The fourth-order valence-electron chi connectivity index (χ4n) is 4.55. The molecule has 1 aliphatic carbocycles. The van der Waals surface area contributed by atoms with Gasteiger partial charge in [0.25, 0.3) is 5.91 Å². The van der Waals surface area contributed by atoms with Gasteiger partial charge in [0.1, 0.15) is 29.6 Å². The maximum Gasteiger partial charge on any atom is 0.256 e. The number of nitrogens with zero attached hydrogens (tertiary/aromatic N) is 2. The number of aromatic nitrogens is 1. The smallest absolute Gasteiger partial charge is 0.256 e. The number of rotatable bonds is 8. The van der Waals surface area contributed by atoms with Gasteiger partial charge >= 0.3 is 0 Å². The Balaban J connectivity index is 1.15. The quantitative estimate of drug-likeness (QED) is 0.397. The number of ether oxygens (including phenoxy) is 1. The lowest BCUT2D eigenvalue weighted by atomic mass is 10.0. The third-order valence-electron chi connectivity index (χ3n) is 6.69. The molecule has 5 rings (SSSR count). The minimum atomic E-state index is -0.684. The number of hydrazine groups is 1. The molecule has 1 aromatic heterocycles. The molecule has 0 radical (unpaired) electrons. The minimum absolute atomic E-state index is 0.0115. The summed E-state index contributed by atoms with van der Waals surface area (Å²) in [6, 6.07) is 6.96. The molecule has 11 heteroatoms. The highest BCUT2D eigenvalue weighted by atomic mass is 35.5. The molecule has 0 bridgehead atoms. The summed E-state index contributed by atoms with van der Waals surface area (Å²) in [5.41, 5.74) is 3.32. The number of hydrogen-bond acceptors (Lipinski definition) is 5. The fraction of sp³-hybridized carbons (Fsp3) is 0.385. The van der Waals surface area contributed by atoms with Gasteiger partial charge in [-0.25, -0.2) is 13.8 Å². The molecule has 2 aromatic carbocycles. The molecule has 1 saturated carbocycles. The third-order valence-corrected chi connectivity index (χ3v) is 7.28. The topological polar surface area (TPSA) is 75.6 Å². The number of nitrogens with one attached hydrogen (secondary N) is 2. The zero-order chi connectivity index (χ0) is 26.1. The normalized spacial score (nSPS) is 16.8. The number of carbonyl (C=O) groups excluding carboxylic acids is 1. The lowest BCUT2D eigenvalue weighted by Crippen LogP contribution is -2.50. The first-order valence-corrected chi connectivity index (χ1v) is 13.0. The van der Waals surface area contributed by atoms with Gasteiger partial charge in [-0.05, 0) is 49.9 Å². The van der Waals surface area contributed by atoms with Crippen LogP contribution in [0.1, 0.15) is 42.1 Å². The molecule has 2 N–H and O–H groups in total. The molecule has 1 aliphatic heterocycles. The number of hydrogen-bond donors (Lipinski definition) is 2. The van der Waals surface area contributed by atoms with Gasteiger partial charge in [-0.3, -0.25) is 15.0 Å². The molecule has 2 heterocycles. The average Bonchev–Trinajstić information content (AvgIpc) is 3.72. The molecule has 1 saturated heterocycles. The van der Waals surface area contributed by atoms with Crippen molar-refractivity contribution in [3.63, 3.8) is 0 Å². The van der Waals surface area contributed by atoms with Crippen molar-refractivity contribution < 1.29 is 18.3 Å². The van der Waals surface area contributed by atoms with Crippen LogP contribution in [0.2, 0.25) is 10.0 Å². The van der Waals surface area contributed by atoms with Crippen LogP contribution in [0.3, 0.4) is 0 Å². The standard InChI is InChI=1S/C26H26Cl2F2N4O3/c27-20-4-3-17(11-22(20)29)37-10-7-31-33-8-5-15(6-9-33)32-26(36)19-14-34(16-1-2-16)24-13-21(28)23(30)12-18(24)25(19)35/h3-4,11-16,31H,1-2,5-10H2,(H,32,36). The van der Waals surface area contributed by atoms with Gasteiger partial charge in [0.05, 0.1) is 15.6 Å². The summed E-state index contributed by atoms with van der Waals surface area (Å²) in [6.07, 6.45) is 4.82. The second-order valence-corrected chi connectivity index (χ2v) is 10.2. The van der Waals surface area contributed by atoms with E-state index >= 15 is 0 Å². The van der Waals surface area contributed by atoms with E-state index < -0.39 is 23.0 Å². The zero-order valence-corrected chi connectivity index (χ0v) is 21.4. The van der Waals surface area contributed by atoms with E-state index in [0.717, 1.165) is 18.9 Å². The second-order valence-electron chi connectivity index (χ2n) is 9.36. The Kier molecular flexibility index (Phi) is 7.67. The number of fused-ring (bicyclic) bond motifs is 1. The molecule has 37 heavy (non-hydrogen) atoms. The van der Waals surface area contributed by atoms with Crippen LogP contribution in [0.4, 0.5) is 8.78 Å². The summed E-state index contributed by atoms with van der Waals surface area (Å²) in [5, 5.41) is 5.17. The van der Waals surface area contributed by atoms with E-state index in [-0.39, 0.29) is 33.1 Å². The molecular formula is C26H26Cl2F2N4O3. The second kappa shape index (κ2) is 10.9. The number of amides is 1. The summed E-state index contributed by atoms with van der Waals surface area (Å²) < 4.78 is 35.0. The highest BCUT2D eigenvalue weighted by Gasteiger charge is 2.28. The summed E-state index contributed by atoms with van der Waals surface area (Å²) in [4.78, 5) is 26.1. The summed E-state index contributed by atoms with van der Waals surface area (Å²) in [7, 11) is 0. The Morgan fingerprint density at radius 3 is 2.46 bits per heavy atom. The third kappa shape index (κ3) is 5.90. The first-order valence-electron chi connectivity index (χ1n) is 12.2. The van der Waals surface area contributed by atoms with Crippen molar-refractivity contribution in [3.8, 4) is 5.75 Å². The SMILES string of the molecule is O=C(NC1CCN(NCCOc2ccc(Cl)c(F)c2)CC1)c1cn(C2CC2)c2cc(Cl)c(F)cc2c1=O. The molecule has 3 aromatic rings. The molecule has 196 valence electrons. The average molecular weight is 551 g/mol. The first kappa shape index (κ1) is 25.9. The molecule has 2 fully saturated rings. The molecule has 7 nitrogen and oxygen atoms in total. The van der Waals surface area contributed by atoms with Crippen LogP contribution in [0, 0.1) is 11.6 Å². The van der Waals surface area contributed by atoms with Gasteiger partial charge in [0, 0.05) is 49.4 Å². The number of carbonyl (C=O) groups is 1. The van der Waals surface area contributed by atoms with E-state index in [9.17, 15) is 18.4 Å². The highest BCUT2D eigenvalue weighted by Crippen LogP contribution is 2.37. The summed E-state index contributed by atoms with van der Waals surface area (Å²) in [5.74, 6) is -1.25. The number of halogens is 4. The van der Waals surface area contributed by atoms with Crippen LogP contribution in [0.25, 0.3) is 10.9 Å². The number of piperidine rings is 1. The summed E-state index contributed by atoms with van der Waals surface area (Å²) >= 11 is 11.6. The van der Waals surface area contributed by atoms with Crippen molar-refractivity contribution in [1.29, 1.82) is 0 Å². The van der Waals surface area contributed by atoms with E-state index in [2.05, 4.69) is 10.7 Å². The van der Waals surface area contributed by atoms with Gasteiger partial charge < -0.3 is 14.6 Å². The van der Waals surface area contributed by atoms with Crippen molar-refractivity contribution in [2.45, 2.75) is 37.8 Å². The van der Waals surface area contributed by atoms with Crippen LogP contribution in [0.5, 0.6) is 5.75 Å². The van der Waals surface area contributed by atoms with Crippen LogP contribution < -0.4 is 20.9 Å². The lowest BCUT2D eigenvalue weighted by molar-refractivity contribution is 0.0874.